The summed E-state index contributed by atoms with van der Waals surface area (Å²) in [7, 11) is 0. The van der Waals surface area contributed by atoms with Gasteiger partial charge >= 0.3 is 6.36 Å². The molecule has 94 valence electrons. The number of alkyl halides is 3. The summed E-state index contributed by atoms with van der Waals surface area (Å²) in [6.45, 7) is 1.97. The summed E-state index contributed by atoms with van der Waals surface area (Å²) in [5.74, 6) is -0.920. The largest absolute Gasteiger partial charge is 0.573 e. The van der Waals surface area contributed by atoms with Gasteiger partial charge in [-0.25, -0.2) is 5.48 Å². The van der Waals surface area contributed by atoms with Crippen LogP contribution in [0, 0.1) is 0 Å². The molecule has 7 heteroatoms. The lowest BCUT2D eigenvalue weighted by Gasteiger charge is -2.09. The van der Waals surface area contributed by atoms with Crippen LogP contribution in [-0.2, 0) is 4.84 Å². The summed E-state index contributed by atoms with van der Waals surface area (Å²) in [4.78, 5) is 16.0. The Labute approximate surface area is 95.3 Å². The molecule has 0 aromatic heterocycles. The van der Waals surface area contributed by atoms with E-state index >= 15 is 0 Å². The van der Waals surface area contributed by atoms with Gasteiger partial charge in [0.05, 0.1) is 6.61 Å². The Morgan fingerprint density at radius 2 is 1.88 bits per heavy atom. The number of carbonyl (C=O) groups is 1. The summed E-state index contributed by atoms with van der Waals surface area (Å²) in [5, 5.41) is 0. The van der Waals surface area contributed by atoms with Gasteiger partial charge in [-0.15, -0.1) is 13.2 Å². The first-order chi connectivity index (χ1) is 7.92. The van der Waals surface area contributed by atoms with Gasteiger partial charge < -0.3 is 4.74 Å². The van der Waals surface area contributed by atoms with Crippen LogP contribution >= 0.6 is 0 Å². The van der Waals surface area contributed by atoms with E-state index in [0.29, 0.717) is 6.61 Å². The van der Waals surface area contributed by atoms with Crippen molar-refractivity contribution in [2.75, 3.05) is 6.61 Å². The fraction of sp³-hybridized carbons (Fsp3) is 0.300. The van der Waals surface area contributed by atoms with E-state index < -0.39 is 12.3 Å². The van der Waals surface area contributed by atoms with Crippen molar-refractivity contribution in [3.8, 4) is 5.75 Å². The number of benzene rings is 1. The molecule has 1 rings (SSSR count). The predicted octanol–water partition coefficient (Wildman–Crippen LogP) is 2.27. The van der Waals surface area contributed by atoms with Crippen molar-refractivity contribution in [3.63, 3.8) is 0 Å². The highest BCUT2D eigenvalue weighted by Gasteiger charge is 2.31. The first-order valence-corrected chi connectivity index (χ1v) is 4.70. The van der Waals surface area contributed by atoms with Crippen LogP contribution in [0.2, 0.25) is 0 Å². The molecule has 17 heavy (non-hydrogen) atoms. The van der Waals surface area contributed by atoms with Crippen LogP contribution in [0.4, 0.5) is 13.2 Å². The number of rotatable bonds is 4. The number of hydroxylamine groups is 1. The van der Waals surface area contributed by atoms with Gasteiger partial charge in [0.1, 0.15) is 5.75 Å². The molecule has 0 saturated heterocycles. The summed E-state index contributed by atoms with van der Waals surface area (Å²) >= 11 is 0. The topological polar surface area (TPSA) is 47.6 Å². The standard InChI is InChI=1S/C10H10F3NO3/c1-2-16-14-9(15)7-3-5-8(6-4-7)17-10(11,12)13/h3-6H,2H2,1H3,(H,14,15). The number of hydrogen-bond donors (Lipinski definition) is 1. The monoisotopic (exact) mass is 249 g/mol. The van der Waals surface area contributed by atoms with Crippen molar-refractivity contribution in [1.82, 2.24) is 5.48 Å². The number of amides is 1. The number of hydrogen-bond acceptors (Lipinski definition) is 3. The molecular formula is C10H10F3NO3. The van der Waals surface area contributed by atoms with E-state index in [9.17, 15) is 18.0 Å². The van der Waals surface area contributed by atoms with Crippen LogP contribution in [0.25, 0.3) is 0 Å². The average molecular weight is 249 g/mol. The Balaban J connectivity index is 2.64. The minimum absolute atomic E-state index is 0.174. The molecule has 0 bridgehead atoms. The molecule has 1 aromatic carbocycles. The number of carbonyl (C=O) groups excluding carboxylic acids is 1. The smallest absolute Gasteiger partial charge is 0.406 e. The third-order valence-corrected chi connectivity index (χ3v) is 1.66. The van der Waals surface area contributed by atoms with Crippen LogP contribution in [0.5, 0.6) is 5.75 Å². The van der Waals surface area contributed by atoms with E-state index in [1.807, 2.05) is 0 Å². The molecule has 0 aliphatic rings. The second-order valence-electron chi connectivity index (χ2n) is 2.94. The van der Waals surface area contributed by atoms with E-state index in [-0.39, 0.29) is 11.3 Å². The maximum atomic E-state index is 11.8. The lowest BCUT2D eigenvalue weighted by molar-refractivity contribution is -0.274. The van der Waals surface area contributed by atoms with Gasteiger partial charge in [-0.05, 0) is 31.2 Å². The van der Waals surface area contributed by atoms with Crippen LogP contribution < -0.4 is 10.2 Å². The third-order valence-electron chi connectivity index (χ3n) is 1.66. The van der Waals surface area contributed by atoms with Crippen molar-refractivity contribution in [2.45, 2.75) is 13.3 Å². The number of nitrogens with one attached hydrogen (secondary N) is 1. The minimum atomic E-state index is -4.74. The zero-order valence-corrected chi connectivity index (χ0v) is 8.88. The van der Waals surface area contributed by atoms with E-state index in [0.717, 1.165) is 12.1 Å². The lowest BCUT2D eigenvalue weighted by Crippen LogP contribution is -2.23. The Kier molecular flexibility index (Phi) is 4.33. The second kappa shape index (κ2) is 5.53. The molecular weight excluding hydrogens is 239 g/mol. The van der Waals surface area contributed by atoms with Crippen LogP contribution in [0.15, 0.2) is 24.3 Å². The second-order valence-corrected chi connectivity index (χ2v) is 2.94. The number of ether oxygens (including phenoxy) is 1. The first-order valence-electron chi connectivity index (χ1n) is 4.70. The Morgan fingerprint density at radius 3 is 2.35 bits per heavy atom. The maximum Gasteiger partial charge on any atom is 0.573 e. The molecule has 0 atom stereocenters. The highest BCUT2D eigenvalue weighted by atomic mass is 19.4. The molecule has 0 radical (unpaired) electrons. The fourth-order valence-electron chi connectivity index (χ4n) is 1.00. The van der Waals surface area contributed by atoms with Crippen molar-refractivity contribution >= 4 is 5.91 Å². The highest BCUT2D eigenvalue weighted by molar-refractivity contribution is 5.93. The molecule has 1 N–H and O–H groups in total. The van der Waals surface area contributed by atoms with Gasteiger partial charge in [-0.3, -0.25) is 9.63 Å². The molecule has 0 fully saturated rings. The van der Waals surface area contributed by atoms with E-state index in [4.69, 9.17) is 0 Å². The van der Waals surface area contributed by atoms with Gasteiger partial charge in [-0.2, -0.15) is 0 Å². The Bertz CT molecular complexity index is 375. The first kappa shape index (κ1) is 13.3. The predicted molar refractivity (Wildman–Crippen MR) is 52.2 cm³/mol. The highest BCUT2D eigenvalue weighted by Crippen LogP contribution is 2.22. The molecule has 0 unspecified atom stereocenters. The van der Waals surface area contributed by atoms with Crippen LogP contribution in [0.3, 0.4) is 0 Å². The molecule has 0 aliphatic carbocycles. The van der Waals surface area contributed by atoms with Crippen molar-refractivity contribution < 1.29 is 27.5 Å². The van der Waals surface area contributed by atoms with Gasteiger partial charge in [-0.1, -0.05) is 0 Å². The maximum absolute atomic E-state index is 11.8. The summed E-state index contributed by atoms with van der Waals surface area (Å²) in [6, 6.07) is 4.51. The Hall–Kier alpha value is -1.76. The van der Waals surface area contributed by atoms with Crippen LogP contribution in [-0.4, -0.2) is 18.9 Å². The van der Waals surface area contributed by atoms with Crippen molar-refractivity contribution in [1.29, 1.82) is 0 Å². The lowest BCUT2D eigenvalue weighted by atomic mass is 10.2. The van der Waals surface area contributed by atoms with E-state index in [1.165, 1.54) is 12.1 Å². The van der Waals surface area contributed by atoms with Gasteiger partial charge in [0.15, 0.2) is 0 Å². The Morgan fingerprint density at radius 1 is 1.29 bits per heavy atom. The quantitative estimate of drug-likeness (QED) is 0.832. The molecule has 0 heterocycles. The summed E-state index contributed by atoms with van der Waals surface area (Å²) < 4.78 is 39.2. The minimum Gasteiger partial charge on any atom is -0.406 e. The SMILES string of the molecule is CCONC(=O)c1ccc(OC(F)(F)F)cc1. The zero-order valence-electron chi connectivity index (χ0n) is 8.88. The third kappa shape index (κ3) is 4.73. The molecule has 0 spiro atoms. The van der Waals surface area contributed by atoms with Crippen molar-refractivity contribution in [3.05, 3.63) is 29.8 Å². The van der Waals surface area contributed by atoms with E-state index in [1.54, 1.807) is 6.92 Å². The van der Waals surface area contributed by atoms with Gasteiger partial charge in [0, 0.05) is 5.56 Å². The molecule has 1 amide bonds. The molecule has 0 aliphatic heterocycles. The average Bonchev–Trinajstić information content (AvgIpc) is 2.24. The number of halogens is 3. The van der Waals surface area contributed by atoms with E-state index in [2.05, 4.69) is 15.1 Å². The fourth-order valence-corrected chi connectivity index (χ4v) is 1.00. The zero-order chi connectivity index (χ0) is 12.9. The van der Waals surface area contributed by atoms with Gasteiger partial charge in [0.25, 0.3) is 5.91 Å². The summed E-state index contributed by atoms with van der Waals surface area (Å²) in [5.41, 5.74) is 2.29. The molecule has 1 aromatic rings. The normalized spacial score (nSPS) is 11.1. The summed E-state index contributed by atoms with van der Waals surface area (Å²) in [6.07, 6.45) is -4.74. The van der Waals surface area contributed by atoms with Crippen molar-refractivity contribution in [2.24, 2.45) is 0 Å². The molecule has 4 nitrogen and oxygen atoms in total. The molecule has 0 saturated carbocycles. The van der Waals surface area contributed by atoms with Gasteiger partial charge in [0.2, 0.25) is 0 Å². The van der Waals surface area contributed by atoms with Crippen LogP contribution in [0.1, 0.15) is 17.3 Å².